The van der Waals surface area contributed by atoms with Crippen molar-refractivity contribution in [2.24, 2.45) is 67.5 Å². The molecule has 1 heterocycles. The van der Waals surface area contributed by atoms with Gasteiger partial charge in [-0.05, 0) is 150 Å². The molecule has 0 amide bonds. The van der Waals surface area contributed by atoms with E-state index in [0.29, 0.717) is 41.8 Å². The van der Waals surface area contributed by atoms with Crippen LogP contribution in [0.1, 0.15) is 179 Å². The van der Waals surface area contributed by atoms with Crippen molar-refractivity contribution in [1.82, 2.24) is 0 Å². The molecule has 5 saturated carbocycles. The Hall–Kier alpha value is -3.54. The zero-order chi connectivity index (χ0) is 44.3. The molecule has 1 aliphatic heterocycles. The largest absolute Gasteiger partial charge is 0.504 e. The molecule has 0 spiro atoms. The fourth-order valence-corrected chi connectivity index (χ4v) is 18.2. The molecule has 0 aromatic heterocycles. The molecule has 0 unspecified atom stereocenters. The molecule has 8 aliphatic carbocycles. The van der Waals surface area contributed by atoms with Crippen LogP contribution in [-0.4, -0.2) is 27.9 Å². The van der Waals surface area contributed by atoms with Crippen LogP contribution in [0.25, 0.3) is 11.6 Å². The summed E-state index contributed by atoms with van der Waals surface area (Å²) in [4.78, 5) is 26.5. The van der Waals surface area contributed by atoms with Crippen LogP contribution in [0, 0.1) is 81.3 Å². The van der Waals surface area contributed by atoms with Crippen LogP contribution in [-0.2, 0) is 15.0 Å². The Morgan fingerprint density at radius 3 is 1.98 bits per heavy atom. The Balaban J connectivity index is 1.06. The van der Waals surface area contributed by atoms with Crippen LogP contribution in [0.3, 0.4) is 0 Å². The van der Waals surface area contributed by atoms with Gasteiger partial charge >= 0.3 is 0 Å². The van der Waals surface area contributed by atoms with Crippen LogP contribution in [0.2, 0.25) is 0 Å². The van der Waals surface area contributed by atoms with E-state index in [9.17, 15) is 19.8 Å². The standard InChI is InChI=1S/C56H72O6/c1-29-23-41-49(5,27-38(29)58)17-20-55(11)48-47-46(43-32(4)44(60)37(57)26-36(43)51(48,7)19-21-53(41,55)9)62-45-31(3)33-13-15-52(8)35(34(33)25-40(45)61-47)14-16-54(10)42-24-30(2)39(59)28-50(42,6)18-22-56(52,54)12/h13-15,25-26,29-30,41-42,46-48,57,60H,16-24,27-28H2,1-12H3/t29-,30-,41-,42-,46-,47-,48+,49+,50+,51+,52-,53+,54+,55-,56-/m1/s1. The molecule has 11 rings (SSSR count). The lowest BCUT2D eigenvalue weighted by Crippen LogP contribution is -2.69. The normalized spacial score (nSPS) is 48.1. The van der Waals surface area contributed by atoms with Crippen molar-refractivity contribution in [2.45, 2.75) is 171 Å². The molecule has 6 heteroatoms. The van der Waals surface area contributed by atoms with E-state index in [1.54, 1.807) is 0 Å². The fourth-order valence-electron chi connectivity index (χ4n) is 18.2. The number of aromatic hydroxyl groups is 2. The van der Waals surface area contributed by atoms with Crippen LogP contribution < -0.4 is 9.47 Å². The molecule has 0 radical (unpaired) electrons. The number of hydrogen-bond acceptors (Lipinski definition) is 6. The number of carbonyl (C=O) groups is 2. The molecule has 9 aliphatic rings. The lowest BCUT2D eigenvalue weighted by atomic mass is 9.32. The Morgan fingerprint density at radius 2 is 1.32 bits per heavy atom. The number of Topliss-reactive ketones (excluding diaryl/α,β-unsaturated/α-hetero) is 2. The number of benzene rings is 2. The number of ketones is 2. The second-order valence-electron chi connectivity index (χ2n) is 25.1. The van der Waals surface area contributed by atoms with E-state index in [4.69, 9.17) is 9.47 Å². The third kappa shape index (κ3) is 4.59. The van der Waals surface area contributed by atoms with Crippen molar-refractivity contribution in [3.05, 3.63) is 57.7 Å². The van der Waals surface area contributed by atoms with Gasteiger partial charge in [-0.3, -0.25) is 9.59 Å². The quantitative estimate of drug-likeness (QED) is 0.257. The van der Waals surface area contributed by atoms with E-state index in [2.05, 4.69) is 100 Å². The Bertz CT molecular complexity index is 2460. The number of allylic oxidation sites excluding steroid dienone is 3. The summed E-state index contributed by atoms with van der Waals surface area (Å²) in [6, 6.07) is 4.18. The summed E-state index contributed by atoms with van der Waals surface area (Å²) in [5, 5.41) is 22.7. The van der Waals surface area contributed by atoms with Crippen LogP contribution >= 0.6 is 0 Å². The van der Waals surface area contributed by atoms with E-state index in [-0.39, 0.29) is 78.7 Å². The predicted octanol–water partition coefficient (Wildman–Crippen LogP) is 13.0. The monoisotopic (exact) mass is 841 g/mol. The third-order valence-corrected chi connectivity index (χ3v) is 22.6. The van der Waals surface area contributed by atoms with Crippen molar-refractivity contribution in [3.8, 4) is 23.0 Å². The Labute approximate surface area is 370 Å². The van der Waals surface area contributed by atoms with Gasteiger partial charge in [-0.25, -0.2) is 0 Å². The van der Waals surface area contributed by atoms with Gasteiger partial charge in [-0.1, -0.05) is 87.5 Å². The lowest BCUT2D eigenvalue weighted by Gasteiger charge is -2.72. The van der Waals surface area contributed by atoms with E-state index in [1.165, 1.54) is 16.7 Å². The van der Waals surface area contributed by atoms with Gasteiger partial charge in [-0.15, -0.1) is 0 Å². The first-order valence-corrected chi connectivity index (χ1v) is 24.4. The summed E-state index contributed by atoms with van der Waals surface area (Å²) < 4.78 is 15.2. The molecule has 332 valence electrons. The first-order chi connectivity index (χ1) is 28.9. The molecule has 62 heavy (non-hydrogen) atoms. The van der Waals surface area contributed by atoms with Crippen LogP contribution in [0.15, 0.2) is 24.3 Å². The molecule has 2 aromatic rings. The van der Waals surface area contributed by atoms with Crippen molar-refractivity contribution in [1.29, 1.82) is 0 Å². The van der Waals surface area contributed by atoms with Gasteiger partial charge in [0.05, 0.1) is 0 Å². The molecular weight excluding hydrogens is 769 g/mol. The van der Waals surface area contributed by atoms with Gasteiger partial charge in [0.2, 0.25) is 0 Å². The zero-order valence-corrected chi connectivity index (χ0v) is 39.7. The number of rotatable bonds is 0. The number of ether oxygens (including phenoxy) is 2. The maximum Gasteiger partial charge on any atom is 0.165 e. The molecule has 6 nitrogen and oxygen atoms in total. The van der Waals surface area contributed by atoms with Crippen molar-refractivity contribution in [2.75, 3.05) is 0 Å². The summed E-state index contributed by atoms with van der Waals surface area (Å²) >= 11 is 0. The molecule has 0 bridgehead atoms. The highest BCUT2D eigenvalue weighted by Crippen LogP contribution is 2.78. The van der Waals surface area contributed by atoms with Gasteiger partial charge in [-0.2, -0.15) is 0 Å². The SMILES string of the molecule is Cc1c2c(cc3c1O[C@@H]1c4c(cc(O)c(O)c4C)[C@]4(C)CC[C@@]5(C)[C@@H]6C[C@@H](C)C(=O)C[C@]6(C)CC[C@]5(C)[C@H]4[C@@H]1O3)C1=CC[C@@]3(C)[C@@H]4C[C@@H](C)C(=O)C[C@]4(C)CC[C@]3(C)[C@]1(C)C=C2. The highest BCUT2D eigenvalue weighted by Gasteiger charge is 2.72. The summed E-state index contributed by atoms with van der Waals surface area (Å²) in [7, 11) is 0. The maximum absolute atomic E-state index is 13.3. The third-order valence-electron chi connectivity index (χ3n) is 22.6. The summed E-state index contributed by atoms with van der Waals surface area (Å²) in [6.45, 7) is 28.4. The summed E-state index contributed by atoms with van der Waals surface area (Å²) in [6.07, 6.45) is 17.1. The molecule has 2 N–H and O–H groups in total. The number of phenolic OH excluding ortho intramolecular Hbond substituents is 2. The van der Waals surface area contributed by atoms with Gasteiger partial charge in [0.15, 0.2) is 29.1 Å². The average Bonchev–Trinajstić information content (AvgIpc) is 3.20. The highest BCUT2D eigenvalue weighted by atomic mass is 16.6. The number of fused-ring (bicyclic) bond motifs is 18. The minimum Gasteiger partial charge on any atom is -0.504 e. The van der Waals surface area contributed by atoms with Crippen molar-refractivity contribution < 1.29 is 29.3 Å². The second kappa shape index (κ2) is 12.2. The minimum absolute atomic E-state index is 0.00729. The Morgan fingerprint density at radius 1 is 0.710 bits per heavy atom. The summed E-state index contributed by atoms with van der Waals surface area (Å²) in [5.41, 5.74) is 6.96. The van der Waals surface area contributed by atoms with Gasteiger partial charge in [0.25, 0.3) is 0 Å². The second-order valence-corrected chi connectivity index (χ2v) is 25.1. The lowest BCUT2D eigenvalue weighted by molar-refractivity contribution is -0.230. The molecule has 2 aromatic carbocycles. The van der Waals surface area contributed by atoms with Crippen LogP contribution in [0.4, 0.5) is 0 Å². The molecule has 15 atom stereocenters. The van der Waals surface area contributed by atoms with Crippen molar-refractivity contribution in [3.63, 3.8) is 0 Å². The first kappa shape index (κ1) is 41.2. The Kier molecular flexibility index (Phi) is 8.11. The molecule has 5 fully saturated rings. The average molecular weight is 841 g/mol. The van der Waals surface area contributed by atoms with Gasteiger partial charge in [0, 0.05) is 58.1 Å². The smallest absolute Gasteiger partial charge is 0.165 e. The van der Waals surface area contributed by atoms with Crippen LogP contribution in [0.5, 0.6) is 23.0 Å². The van der Waals surface area contributed by atoms with Gasteiger partial charge < -0.3 is 19.7 Å². The van der Waals surface area contributed by atoms with Gasteiger partial charge in [0.1, 0.15) is 17.7 Å². The van der Waals surface area contributed by atoms with Crippen molar-refractivity contribution >= 4 is 23.2 Å². The first-order valence-electron chi connectivity index (χ1n) is 24.4. The van der Waals surface area contributed by atoms with E-state index in [0.717, 1.165) is 86.0 Å². The molecular formula is C56H72O6. The van der Waals surface area contributed by atoms with E-state index < -0.39 is 6.10 Å². The topological polar surface area (TPSA) is 93.1 Å². The van der Waals surface area contributed by atoms with E-state index in [1.807, 2.05) is 13.0 Å². The number of hydrogen-bond donors (Lipinski definition) is 2. The zero-order valence-electron chi connectivity index (χ0n) is 39.7. The number of phenols is 2. The predicted molar refractivity (Wildman–Crippen MR) is 244 cm³/mol. The highest BCUT2D eigenvalue weighted by molar-refractivity contribution is 5.88. The molecule has 0 saturated heterocycles. The summed E-state index contributed by atoms with van der Waals surface area (Å²) in [5.74, 6) is 3.46. The maximum atomic E-state index is 13.3. The van der Waals surface area contributed by atoms with E-state index >= 15 is 0 Å². The number of carbonyl (C=O) groups excluding carboxylic acids is 2. The minimum atomic E-state index is -0.467. The fraction of sp³-hybridized carbons (Fsp3) is 0.679.